The molecule has 12 aromatic rings. The minimum absolute atomic E-state index is 0.129. The minimum atomic E-state index is -1.54. The van der Waals surface area contributed by atoms with Crippen molar-refractivity contribution in [2.45, 2.75) is 17.7 Å². The first kappa shape index (κ1) is 80.6. The summed E-state index contributed by atoms with van der Waals surface area (Å²) in [5, 5.41) is 25.3. The monoisotopic (exact) mass is 1560 g/mol. The molecule has 0 saturated heterocycles. The molecule has 1 heterocycles. The van der Waals surface area contributed by atoms with Crippen LogP contribution in [0.15, 0.2) is 403 Å². The zero-order chi connectivity index (χ0) is 76.7. The van der Waals surface area contributed by atoms with Crippen LogP contribution in [0.2, 0.25) is 20.1 Å². The van der Waals surface area contributed by atoms with Crippen LogP contribution in [0.3, 0.4) is 0 Å². The number of carboxylic acid groups (broad SMARTS) is 2. The summed E-state index contributed by atoms with van der Waals surface area (Å²) in [4.78, 5) is 24.9. The Morgan fingerprint density at radius 3 is 1.06 bits per heavy atom. The number of benzene rings is 11. The number of halogens is 6. The zero-order valence-electron chi connectivity index (χ0n) is 58.9. The normalized spacial score (nSPS) is 12.3. The van der Waals surface area contributed by atoms with E-state index in [1.165, 1.54) is 50.9 Å². The van der Waals surface area contributed by atoms with Crippen LogP contribution in [0, 0.1) is 28.8 Å². The summed E-state index contributed by atoms with van der Waals surface area (Å²) in [6.07, 6.45) is 30.0. The van der Waals surface area contributed by atoms with Gasteiger partial charge in [0.15, 0.2) is 18.4 Å². The molecule has 0 saturated carbocycles. The average molecular weight is 1560 g/mol. The fourth-order valence-corrected chi connectivity index (χ4v) is 15.4. The van der Waals surface area contributed by atoms with E-state index in [9.17, 15) is 14.0 Å². The molecule has 0 unspecified atom stereocenters. The molecule has 109 heavy (non-hydrogen) atoms. The first-order valence-electron chi connectivity index (χ1n) is 34.9. The van der Waals surface area contributed by atoms with Gasteiger partial charge in [0.25, 0.3) is 0 Å². The van der Waals surface area contributed by atoms with Gasteiger partial charge in [-0.05, 0) is 109 Å². The molecule has 11 aromatic carbocycles. The Labute approximate surface area is 671 Å². The van der Waals surface area contributed by atoms with Crippen LogP contribution in [0.5, 0.6) is 0 Å². The smallest absolute Gasteiger partial charge is 0.313 e. The number of allylic oxidation sites excluding steroid dienone is 18. The maximum atomic E-state index is 13.7. The molecule has 7 nitrogen and oxygen atoms in total. The summed E-state index contributed by atoms with van der Waals surface area (Å²) >= 11 is 36.9. The molecular formula is C91H72B3Cl5FN3O4S2. The van der Waals surface area contributed by atoms with Gasteiger partial charge >= 0.3 is 11.9 Å². The maximum absolute atomic E-state index is 13.7. The van der Waals surface area contributed by atoms with Gasteiger partial charge in [-0.2, -0.15) is 49.2 Å². The van der Waals surface area contributed by atoms with Crippen molar-refractivity contribution < 1.29 is 24.2 Å². The molecule has 3 aliphatic carbocycles. The topological polar surface area (TPSA) is 119 Å². The van der Waals surface area contributed by atoms with E-state index in [4.69, 9.17) is 68.2 Å². The van der Waals surface area contributed by atoms with Crippen molar-refractivity contribution in [1.82, 2.24) is 15.2 Å². The van der Waals surface area contributed by atoms with E-state index < -0.39 is 30.4 Å². The van der Waals surface area contributed by atoms with E-state index in [2.05, 4.69) is 234 Å². The Bertz CT molecular complexity index is 4840. The molecule has 0 aliphatic heterocycles. The molecule has 18 heteroatoms. The van der Waals surface area contributed by atoms with Crippen LogP contribution in [0.25, 0.3) is 0 Å². The summed E-state index contributed by atoms with van der Waals surface area (Å²) in [7, 11) is 0. The number of carboxylic acids is 2. The summed E-state index contributed by atoms with van der Waals surface area (Å²) in [5.74, 6) is -1.61. The number of hydrogen-bond donors (Lipinski definition) is 4. The van der Waals surface area contributed by atoms with Gasteiger partial charge in [-0.25, -0.2) is 9.37 Å². The second-order valence-corrected chi connectivity index (χ2v) is 28.9. The molecule has 0 fully saturated rings. The van der Waals surface area contributed by atoms with Crippen LogP contribution in [-0.2, 0) is 16.0 Å². The lowest BCUT2D eigenvalue weighted by Gasteiger charge is -2.41. The highest BCUT2D eigenvalue weighted by Gasteiger charge is 2.40. The van der Waals surface area contributed by atoms with Crippen molar-refractivity contribution in [1.29, 1.82) is 0 Å². The zero-order valence-corrected chi connectivity index (χ0v) is 64.3. The van der Waals surface area contributed by atoms with Crippen molar-refractivity contribution in [3.63, 3.8) is 0 Å². The van der Waals surface area contributed by atoms with Crippen LogP contribution in [0.1, 0.15) is 12.0 Å². The molecule has 1 aromatic heterocycles. The Hall–Kier alpha value is -11.0. The Balaban J connectivity index is 0.000000148. The number of aryl methyl sites for hydroxylation is 1. The molecule has 3 aliphatic rings. The van der Waals surface area contributed by atoms with E-state index in [-0.39, 0.29) is 18.0 Å². The molecule has 0 amide bonds. The highest BCUT2D eigenvalue weighted by Crippen LogP contribution is 2.27. The number of carbonyl (C=O) groups is 2. The number of H-pyrrole nitrogens is 2. The lowest BCUT2D eigenvalue weighted by atomic mass is 9.12. The van der Waals surface area contributed by atoms with Crippen LogP contribution in [-0.4, -0.2) is 61.5 Å². The van der Waals surface area contributed by atoms with Gasteiger partial charge in [0.2, 0.25) is 9.80 Å². The van der Waals surface area contributed by atoms with Crippen molar-refractivity contribution in [2.24, 2.45) is 0 Å². The second-order valence-electron chi connectivity index (χ2n) is 25.3. The van der Waals surface area contributed by atoms with Crippen LogP contribution in [0.4, 0.5) is 4.39 Å². The predicted molar refractivity (Wildman–Crippen MR) is 463 cm³/mol. The van der Waals surface area contributed by atoms with E-state index >= 15 is 0 Å². The van der Waals surface area contributed by atoms with Crippen molar-refractivity contribution in [2.75, 3.05) is 5.75 Å². The lowest BCUT2D eigenvalue weighted by Crippen LogP contribution is -2.68. The van der Waals surface area contributed by atoms with E-state index in [1.54, 1.807) is 12.1 Å². The van der Waals surface area contributed by atoms with Gasteiger partial charge in [0, 0.05) is 73.9 Å². The number of nitrogens with one attached hydrogen (secondary N) is 2. The molecule has 538 valence electrons. The predicted octanol–water partition coefficient (Wildman–Crippen LogP) is 18.0. The highest BCUT2D eigenvalue weighted by atomic mass is 35.5. The Morgan fingerprint density at radius 1 is 0.431 bits per heavy atom. The number of hydrogen-bond acceptors (Lipinski definition) is 5. The number of nitrogens with zero attached hydrogens (tertiary/aromatic N) is 1. The first-order valence-corrected chi connectivity index (χ1v) is 38.2. The number of rotatable bonds is 18. The fourth-order valence-electron chi connectivity index (χ4n) is 14.0. The van der Waals surface area contributed by atoms with Crippen LogP contribution >= 0.6 is 82.0 Å². The maximum Gasteiger partial charge on any atom is 0.313 e. The van der Waals surface area contributed by atoms with Gasteiger partial charge in [-0.3, -0.25) is 19.8 Å². The van der Waals surface area contributed by atoms with Gasteiger partial charge in [0.05, 0.1) is 36.1 Å². The number of thioether (sulfide) groups is 1. The fraction of sp³-hybridized carbons (Fsp3) is 0.0330. The van der Waals surface area contributed by atoms with Crippen molar-refractivity contribution in [3.8, 4) is 0 Å². The molecule has 4 N–H and O–H groups in total. The summed E-state index contributed by atoms with van der Waals surface area (Å²) in [6, 6.07) is 101. The average Bonchev–Trinajstić information content (AvgIpc) is 0.772. The van der Waals surface area contributed by atoms with Crippen LogP contribution < -0.4 is 49.2 Å². The SMILES string of the molecule is ClC1=[C+]C=C([B-](c2ccc(Cl)cc2)(c2ccc(Cl)cc2)c2ccc(Cl)cc2)C=C1.Clc1ccc([B-](C2=CC=C[C+]=C2)(c2ccccc2)c2ccccc2)cc1.Fc1ccc([B-](C2=CC=C[C+]=C2)(c2ccccc2)c2ccccc2)cc1.O=C(O)CCc1ccccc1.O=C(O)CSc1ccccc1.S=c1nc[nH][nH]1. The van der Waals surface area contributed by atoms with E-state index in [0.717, 1.165) is 48.3 Å². The second kappa shape index (κ2) is 40.8. The van der Waals surface area contributed by atoms with E-state index in [0.29, 0.717) is 31.3 Å². The molecule has 0 radical (unpaired) electrons. The van der Waals surface area contributed by atoms with Gasteiger partial charge in [-0.15, -0.1) is 11.8 Å². The standard InChI is InChI=1S/C24H15BCl4.C24H18BCl.C24H18BF.C9H10O2.C8H8O2S.C2H3N3S/c26-21-9-1-17(2-10-21)25(18-3-11-22(27)12-4-18,19-5-13-23(28)14-6-19)20-7-15-24(29)16-8-20;2*26-24-18-16-23(17-19-24)25(20-10-4-1-5-11-20,21-12-6-2-7-13-21)22-14-8-3-9-15-22;10-9(11)7-6-8-4-2-1-3-5-8;9-8(10)6-11-7-4-2-1-3-5-7;6-2-3-1-4-5-2/h1-15H;2*1-8,10-19H;1-5H,6-7H2,(H,10,11);1-5H,6H2,(H,9,10);1H,(H2,3,4,5,6). The molecular weight excluding hydrogens is 1490 g/mol. The first-order chi connectivity index (χ1) is 53.1. The third kappa shape index (κ3) is 21.5. The largest absolute Gasteiger partial charge is 0.481 e. The minimum Gasteiger partial charge on any atom is -0.481 e. The summed E-state index contributed by atoms with van der Waals surface area (Å²) in [5.41, 5.74) is 15.2. The van der Waals surface area contributed by atoms with Crippen molar-refractivity contribution in [3.05, 3.63) is 452 Å². The van der Waals surface area contributed by atoms with E-state index in [1.807, 2.05) is 170 Å². The number of aliphatic carboxylic acids is 2. The molecule has 0 spiro atoms. The highest BCUT2D eigenvalue weighted by molar-refractivity contribution is 8.00. The molecule has 15 rings (SSSR count). The molecule has 0 atom stereocenters. The third-order valence-corrected chi connectivity index (χ3v) is 21.3. The summed E-state index contributed by atoms with van der Waals surface area (Å²) < 4.78 is 14.2. The molecule has 0 bridgehead atoms. The number of aromatic amines is 2. The lowest BCUT2D eigenvalue weighted by molar-refractivity contribution is -0.137. The summed E-state index contributed by atoms with van der Waals surface area (Å²) in [6.45, 7) is 0. The number of aromatic nitrogens is 3. The Morgan fingerprint density at radius 2 is 0.771 bits per heavy atom. The van der Waals surface area contributed by atoms with Gasteiger partial charge in [0.1, 0.15) is 24.3 Å². The van der Waals surface area contributed by atoms with Gasteiger partial charge < -0.3 is 10.2 Å². The Kier molecular flexibility index (Phi) is 30.2. The third-order valence-electron chi connectivity index (χ3n) is 18.8. The van der Waals surface area contributed by atoms with Gasteiger partial charge in [-0.1, -0.05) is 293 Å². The van der Waals surface area contributed by atoms with Crippen molar-refractivity contribution >= 4 is 162 Å². The quantitative estimate of drug-likeness (QED) is 0.0292.